The Morgan fingerprint density at radius 3 is 2.39 bits per heavy atom. The van der Waals surface area contributed by atoms with Gasteiger partial charge in [0.05, 0.1) is 12.5 Å². The number of rotatable bonds is 8. The fourth-order valence-corrected chi connectivity index (χ4v) is 1.30. The summed E-state index contributed by atoms with van der Waals surface area (Å²) in [6.45, 7) is 3.60. The molecule has 18 heavy (non-hydrogen) atoms. The van der Waals surface area contributed by atoms with Gasteiger partial charge in [0.1, 0.15) is 6.54 Å². The van der Waals surface area contributed by atoms with Gasteiger partial charge in [0.2, 0.25) is 0 Å². The van der Waals surface area contributed by atoms with Gasteiger partial charge in [-0.3, -0.25) is 9.59 Å². The maximum atomic E-state index is 11.3. The number of urea groups is 1. The molecular formula is C11H20N2O5. The van der Waals surface area contributed by atoms with Crippen LogP contribution in [0.2, 0.25) is 0 Å². The lowest BCUT2D eigenvalue weighted by molar-refractivity contribution is -0.142. The van der Waals surface area contributed by atoms with Gasteiger partial charge in [-0.05, 0) is 13.3 Å². The van der Waals surface area contributed by atoms with E-state index in [9.17, 15) is 14.4 Å². The molecule has 0 bridgehead atoms. The smallest absolute Gasteiger partial charge is 0.325 e. The molecular weight excluding hydrogens is 240 g/mol. The van der Waals surface area contributed by atoms with Gasteiger partial charge in [-0.2, -0.15) is 0 Å². The van der Waals surface area contributed by atoms with Crippen molar-refractivity contribution in [1.82, 2.24) is 10.6 Å². The molecule has 0 aromatic rings. The minimum atomic E-state index is -0.942. The predicted octanol–water partition coefficient (Wildman–Crippen LogP) is 0.350. The van der Waals surface area contributed by atoms with Crippen molar-refractivity contribution in [2.24, 2.45) is 5.92 Å². The summed E-state index contributed by atoms with van der Waals surface area (Å²) in [5.74, 6) is -2.08. The highest BCUT2D eigenvalue weighted by molar-refractivity contribution is 5.81. The van der Waals surface area contributed by atoms with Gasteiger partial charge in [-0.25, -0.2) is 4.79 Å². The average molecular weight is 260 g/mol. The molecule has 2 amide bonds. The fraction of sp³-hybridized carbons (Fsp3) is 0.727. The van der Waals surface area contributed by atoms with Crippen molar-refractivity contribution in [2.45, 2.75) is 26.7 Å². The SMILES string of the molecule is CCCC(CNC(=O)NCC(=O)OCC)C(=O)O. The van der Waals surface area contributed by atoms with Crippen LogP contribution in [0.4, 0.5) is 4.79 Å². The third kappa shape index (κ3) is 7.48. The van der Waals surface area contributed by atoms with Crippen molar-refractivity contribution in [3.63, 3.8) is 0 Å². The quantitative estimate of drug-likeness (QED) is 0.546. The zero-order chi connectivity index (χ0) is 14.0. The summed E-state index contributed by atoms with van der Waals surface area (Å²) in [4.78, 5) is 33.0. The Hall–Kier alpha value is -1.79. The van der Waals surface area contributed by atoms with Crippen LogP contribution in [0.5, 0.6) is 0 Å². The van der Waals surface area contributed by atoms with E-state index in [1.54, 1.807) is 6.92 Å². The molecule has 3 N–H and O–H groups in total. The van der Waals surface area contributed by atoms with Gasteiger partial charge >= 0.3 is 18.0 Å². The molecule has 0 heterocycles. The molecule has 1 unspecified atom stereocenters. The van der Waals surface area contributed by atoms with Gasteiger partial charge in [-0.1, -0.05) is 13.3 Å². The average Bonchev–Trinajstić information content (AvgIpc) is 2.31. The fourth-order valence-electron chi connectivity index (χ4n) is 1.30. The van der Waals surface area contributed by atoms with Crippen molar-refractivity contribution >= 4 is 18.0 Å². The first-order valence-electron chi connectivity index (χ1n) is 5.91. The molecule has 0 radical (unpaired) electrons. The standard InChI is InChI=1S/C11H20N2O5/c1-3-5-8(10(15)16)6-12-11(17)13-7-9(14)18-4-2/h8H,3-7H2,1-2H3,(H,15,16)(H2,12,13,17). The predicted molar refractivity (Wildman–Crippen MR) is 64.1 cm³/mol. The Balaban J connectivity index is 3.87. The number of aliphatic carboxylic acids is 1. The van der Waals surface area contributed by atoms with Crippen LogP contribution in [0.1, 0.15) is 26.7 Å². The van der Waals surface area contributed by atoms with Crippen LogP contribution < -0.4 is 10.6 Å². The van der Waals surface area contributed by atoms with Crippen molar-refractivity contribution < 1.29 is 24.2 Å². The van der Waals surface area contributed by atoms with Crippen LogP contribution in [-0.2, 0) is 14.3 Å². The first-order valence-corrected chi connectivity index (χ1v) is 5.91. The van der Waals surface area contributed by atoms with Crippen molar-refractivity contribution in [3.05, 3.63) is 0 Å². The third-order valence-corrected chi connectivity index (χ3v) is 2.19. The molecule has 104 valence electrons. The molecule has 0 aromatic carbocycles. The topological polar surface area (TPSA) is 105 Å². The highest BCUT2D eigenvalue weighted by Crippen LogP contribution is 2.04. The summed E-state index contributed by atoms with van der Waals surface area (Å²) in [6.07, 6.45) is 1.22. The van der Waals surface area contributed by atoms with Crippen LogP contribution >= 0.6 is 0 Å². The van der Waals surface area contributed by atoms with Gasteiger partial charge in [-0.15, -0.1) is 0 Å². The second-order valence-electron chi connectivity index (χ2n) is 3.69. The lowest BCUT2D eigenvalue weighted by Gasteiger charge is -2.12. The monoisotopic (exact) mass is 260 g/mol. The normalized spacial score (nSPS) is 11.4. The Morgan fingerprint density at radius 2 is 1.89 bits per heavy atom. The number of hydrogen-bond donors (Lipinski definition) is 3. The Kier molecular flexibility index (Phi) is 8.34. The summed E-state index contributed by atoms with van der Waals surface area (Å²) in [7, 11) is 0. The molecule has 0 aliphatic carbocycles. The highest BCUT2D eigenvalue weighted by atomic mass is 16.5. The summed E-state index contributed by atoms with van der Waals surface area (Å²) in [5.41, 5.74) is 0. The molecule has 1 atom stereocenters. The molecule has 0 aromatic heterocycles. The number of carbonyl (C=O) groups is 3. The first-order chi connectivity index (χ1) is 8.51. The molecule has 0 rings (SSSR count). The lowest BCUT2D eigenvalue weighted by atomic mass is 10.0. The molecule has 0 fully saturated rings. The van der Waals surface area contributed by atoms with Crippen LogP contribution in [0.3, 0.4) is 0 Å². The van der Waals surface area contributed by atoms with Crippen molar-refractivity contribution in [2.75, 3.05) is 19.7 Å². The maximum Gasteiger partial charge on any atom is 0.325 e. The largest absolute Gasteiger partial charge is 0.481 e. The van der Waals surface area contributed by atoms with E-state index in [0.717, 1.165) is 6.42 Å². The number of carboxylic acids is 1. The molecule has 0 saturated carbocycles. The molecule has 0 aliphatic heterocycles. The van der Waals surface area contributed by atoms with E-state index in [2.05, 4.69) is 15.4 Å². The van der Waals surface area contributed by atoms with E-state index in [1.165, 1.54) is 0 Å². The maximum absolute atomic E-state index is 11.3. The number of carbonyl (C=O) groups excluding carboxylic acids is 2. The van der Waals surface area contributed by atoms with Crippen molar-refractivity contribution in [3.8, 4) is 0 Å². The van der Waals surface area contributed by atoms with E-state index >= 15 is 0 Å². The minimum Gasteiger partial charge on any atom is -0.481 e. The number of ether oxygens (including phenoxy) is 1. The molecule has 7 nitrogen and oxygen atoms in total. The van der Waals surface area contributed by atoms with E-state index < -0.39 is 23.9 Å². The van der Waals surface area contributed by atoms with Crippen LogP contribution in [0, 0.1) is 5.92 Å². The second-order valence-corrected chi connectivity index (χ2v) is 3.69. The number of esters is 1. The Labute approximate surface area is 106 Å². The molecule has 0 saturated heterocycles. The van der Waals surface area contributed by atoms with Gasteiger partial charge in [0.15, 0.2) is 0 Å². The lowest BCUT2D eigenvalue weighted by Crippen LogP contribution is -2.42. The summed E-state index contributed by atoms with van der Waals surface area (Å²) < 4.78 is 4.62. The van der Waals surface area contributed by atoms with Gasteiger partial charge in [0.25, 0.3) is 0 Å². The number of hydrogen-bond acceptors (Lipinski definition) is 4. The van der Waals surface area contributed by atoms with E-state index in [-0.39, 0.29) is 19.7 Å². The molecule has 0 spiro atoms. The zero-order valence-corrected chi connectivity index (χ0v) is 10.7. The van der Waals surface area contributed by atoms with E-state index in [1.807, 2.05) is 6.92 Å². The highest BCUT2D eigenvalue weighted by Gasteiger charge is 2.17. The van der Waals surface area contributed by atoms with Crippen LogP contribution in [-0.4, -0.2) is 42.8 Å². The van der Waals surface area contributed by atoms with Crippen LogP contribution in [0.15, 0.2) is 0 Å². The number of carboxylic acid groups (broad SMARTS) is 1. The number of amides is 2. The summed E-state index contributed by atoms with van der Waals surface area (Å²) in [6, 6.07) is -0.578. The number of nitrogens with one attached hydrogen (secondary N) is 2. The van der Waals surface area contributed by atoms with Gasteiger partial charge in [0, 0.05) is 6.54 Å². The molecule has 7 heteroatoms. The zero-order valence-electron chi connectivity index (χ0n) is 10.7. The Bertz CT molecular complexity index is 293. The Morgan fingerprint density at radius 1 is 1.22 bits per heavy atom. The van der Waals surface area contributed by atoms with E-state index in [4.69, 9.17) is 5.11 Å². The van der Waals surface area contributed by atoms with Crippen LogP contribution in [0.25, 0.3) is 0 Å². The molecule has 0 aliphatic rings. The third-order valence-electron chi connectivity index (χ3n) is 2.19. The summed E-state index contributed by atoms with van der Waals surface area (Å²) in [5, 5.41) is 13.6. The van der Waals surface area contributed by atoms with Crippen molar-refractivity contribution in [1.29, 1.82) is 0 Å². The summed E-state index contributed by atoms with van der Waals surface area (Å²) >= 11 is 0. The first kappa shape index (κ1) is 16.2. The minimum absolute atomic E-state index is 0.0395. The second kappa shape index (κ2) is 9.26. The van der Waals surface area contributed by atoms with E-state index in [0.29, 0.717) is 6.42 Å². The van der Waals surface area contributed by atoms with Gasteiger partial charge < -0.3 is 20.5 Å².